The monoisotopic (exact) mass is 503 g/mol. The van der Waals surface area contributed by atoms with Crippen LogP contribution in [0.5, 0.6) is 0 Å². The van der Waals surface area contributed by atoms with Gasteiger partial charge in [0.25, 0.3) is 5.91 Å². The van der Waals surface area contributed by atoms with Gasteiger partial charge in [-0.25, -0.2) is 9.48 Å². The molecule has 3 heterocycles. The van der Waals surface area contributed by atoms with Gasteiger partial charge in [0.05, 0.1) is 17.4 Å². The molecule has 0 aliphatic rings. The fraction of sp³-hybridized carbons (Fsp3) is 0.0870. The molecule has 36 heavy (non-hydrogen) atoms. The van der Waals surface area contributed by atoms with Crippen LogP contribution in [0.15, 0.2) is 54.9 Å². The van der Waals surface area contributed by atoms with E-state index in [1.807, 2.05) is 5.32 Å². The maximum Gasteiger partial charge on any atom is 0.434 e. The zero-order chi connectivity index (χ0) is 25.8. The summed E-state index contributed by atoms with van der Waals surface area (Å²) in [6.07, 6.45) is -8.42. The van der Waals surface area contributed by atoms with Crippen molar-refractivity contribution in [2.24, 2.45) is 0 Å². The number of hydrogen-bond donors (Lipinski definition) is 2. The van der Waals surface area contributed by atoms with E-state index >= 15 is 0 Å². The van der Waals surface area contributed by atoms with Gasteiger partial charge in [-0.2, -0.15) is 31.4 Å². The number of nitrogens with zero attached hydrogens (tertiary/aromatic N) is 3. The van der Waals surface area contributed by atoms with Crippen LogP contribution in [0.1, 0.15) is 21.7 Å². The van der Waals surface area contributed by atoms with Gasteiger partial charge in [-0.05, 0) is 24.3 Å². The molecule has 0 saturated heterocycles. The number of halogens is 6. The summed E-state index contributed by atoms with van der Waals surface area (Å²) in [7, 11) is 0. The van der Waals surface area contributed by atoms with Gasteiger partial charge in [0, 0.05) is 33.6 Å². The SMILES string of the molecule is O=C=c1[nH]c2ccc(-n3ncc(C(=O)Nc4ccnc(C(F)(F)F)c4)c3C(F)(F)F)c3cccc1c23. The average Bonchev–Trinajstić information content (AvgIpc) is 3.42. The maximum atomic E-state index is 14.2. The third kappa shape index (κ3) is 3.75. The van der Waals surface area contributed by atoms with Gasteiger partial charge in [0.15, 0.2) is 11.6 Å². The quantitative estimate of drug-likeness (QED) is 0.357. The van der Waals surface area contributed by atoms with E-state index in [4.69, 9.17) is 0 Å². The van der Waals surface area contributed by atoms with E-state index in [0.717, 1.165) is 12.3 Å². The Morgan fingerprint density at radius 3 is 2.44 bits per heavy atom. The topological polar surface area (TPSA) is 92.7 Å². The molecule has 2 aromatic carbocycles. The number of hydrogen-bond acceptors (Lipinski definition) is 4. The molecule has 7 nitrogen and oxygen atoms in total. The van der Waals surface area contributed by atoms with E-state index < -0.39 is 40.9 Å². The Morgan fingerprint density at radius 1 is 1.00 bits per heavy atom. The number of carbonyl (C=O) groups excluding carboxylic acids is 2. The van der Waals surface area contributed by atoms with Crippen molar-refractivity contribution in [1.82, 2.24) is 19.7 Å². The van der Waals surface area contributed by atoms with Crippen molar-refractivity contribution in [1.29, 1.82) is 0 Å². The van der Waals surface area contributed by atoms with Gasteiger partial charge in [-0.15, -0.1) is 0 Å². The third-order valence-corrected chi connectivity index (χ3v) is 5.47. The van der Waals surface area contributed by atoms with E-state index in [1.54, 1.807) is 18.1 Å². The molecule has 1 amide bonds. The van der Waals surface area contributed by atoms with Crippen LogP contribution in [-0.4, -0.2) is 31.6 Å². The highest BCUT2D eigenvalue weighted by Gasteiger charge is 2.41. The first-order valence-corrected chi connectivity index (χ1v) is 10.1. The van der Waals surface area contributed by atoms with E-state index in [2.05, 4.69) is 15.1 Å². The van der Waals surface area contributed by atoms with Gasteiger partial charge < -0.3 is 10.3 Å². The van der Waals surface area contributed by atoms with Gasteiger partial charge >= 0.3 is 12.4 Å². The van der Waals surface area contributed by atoms with Crippen molar-refractivity contribution < 1.29 is 35.9 Å². The van der Waals surface area contributed by atoms with Crippen LogP contribution in [-0.2, 0) is 17.1 Å². The number of benzene rings is 2. The second kappa shape index (κ2) is 7.95. The number of aromatic nitrogens is 4. The maximum absolute atomic E-state index is 14.2. The average molecular weight is 503 g/mol. The van der Waals surface area contributed by atoms with Crippen molar-refractivity contribution in [3.63, 3.8) is 0 Å². The van der Waals surface area contributed by atoms with Crippen LogP contribution in [0.4, 0.5) is 32.0 Å². The number of anilines is 1. The summed E-state index contributed by atoms with van der Waals surface area (Å²) >= 11 is 0. The number of aromatic amines is 1. The van der Waals surface area contributed by atoms with E-state index in [-0.39, 0.29) is 11.0 Å². The number of alkyl halides is 6. The minimum absolute atomic E-state index is 0.0285. The Kier molecular flexibility index (Phi) is 5.11. The van der Waals surface area contributed by atoms with Gasteiger partial charge in [-0.3, -0.25) is 9.78 Å². The zero-order valence-corrected chi connectivity index (χ0v) is 17.6. The summed E-state index contributed by atoms with van der Waals surface area (Å²) in [5.41, 5.74) is -3.59. The summed E-state index contributed by atoms with van der Waals surface area (Å²) in [6, 6.07) is 8.99. The van der Waals surface area contributed by atoms with Crippen molar-refractivity contribution in [2.75, 3.05) is 5.32 Å². The van der Waals surface area contributed by atoms with Crippen LogP contribution in [0, 0.1) is 0 Å². The minimum Gasteiger partial charge on any atom is -0.345 e. The lowest BCUT2D eigenvalue weighted by Crippen LogP contribution is -2.21. The molecule has 0 fully saturated rings. The Morgan fingerprint density at radius 2 is 1.75 bits per heavy atom. The van der Waals surface area contributed by atoms with Crippen LogP contribution in [0.3, 0.4) is 0 Å². The third-order valence-electron chi connectivity index (χ3n) is 5.47. The molecule has 0 radical (unpaired) electrons. The lowest BCUT2D eigenvalue weighted by molar-refractivity contribution is -0.143. The smallest absolute Gasteiger partial charge is 0.345 e. The normalized spacial score (nSPS) is 12.3. The van der Waals surface area contributed by atoms with Crippen LogP contribution in [0.2, 0.25) is 0 Å². The molecule has 0 aliphatic heterocycles. The number of pyridine rings is 1. The molecule has 5 aromatic rings. The molecule has 0 saturated carbocycles. The van der Waals surface area contributed by atoms with Gasteiger partial charge in [0.1, 0.15) is 11.0 Å². The number of rotatable bonds is 3. The molecule has 0 aliphatic carbocycles. The summed E-state index contributed by atoms with van der Waals surface area (Å²) in [4.78, 5) is 30.0. The molecular formula is C23H11F6N5O2. The zero-order valence-electron chi connectivity index (χ0n) is 17.6. The fourth-order valence-corrected chi connectivity index (χ4v) is 4.00. The molecule has 3 aromatic heterocycles. The molecular weight excluding hydrogens is 492 g/mol. The summed E-state index contributed by atoms with van der Waals surface area (Å²) in [5, 5.41) is 7.17. The molecule has 13 heteroatoms. The molecule has 182 valence electrons. The lowest BCUT2D eigenvalue weighted by atomic mass is 10.1. The largest absolute Gasteiger partial charge is 0.434 e. The van der Waals surface area contributed by atoms with Gasteiger partial charge in [-0.1, -0.05) is 18.2 Å². The first-order valence-electron chi connectivity index (χ1n) is 10.1. The van der Waals surface area contributed by atoms with Crippen LogP contribution >= 0.6 is 0 Å². The number of nitrogens with one attached hydrogen (secondary N) is 2. The van der Waals surface area contributed by atoms with E-state index in [0.29, 0.717) is 38.6 Å². The van der Waals surface area contributed by atoms with Crippen LogP contribution < -0.4 is 10.7 Å². The number of carbonyl (C=O) groups is 1. The Hall–Kier alpha value is -4.64. The minimum atomic E-state index is -5.06. The lowest BCUT2D eigenvalue weighted by Gasteiger charge is -2.15. The Labute approximate surface area is 196 Å². The van der Waals surface area contributed by atoms with E-state index in [9.17, 15) is 35.9 Å². The van der Waals surface area contributed by atoms with Crippen molar-refractivity contribution >= 4 is 39.2 Å². The van der Waals surface area contributed by atoms with E-state index in [1.165, 1.54) is 18.2 Å². The number of H-pyrrole nitrogens is 1. The molecule has 2 N–H and O–H groups in total. The molecule has 0 atom stereocenters. The van der Waals surface area contributed by atoms with Crippen molar-refractivity contribution in [3.05, 3.63) is 77.2 Å². The first kappa shape index (κ1) is 23.1. The molecule has 5 rings (SSSR count). The Balaban J connectivity index is 1.64. The Bertz CT molecular complexity index is 1730. The van der Waals surface area contributed by atoms with Crippen molar-refractivity contribution in [3.8, 4) is 5.69 Å². The predicted octanol–water partition coefficient (Wildman–Crippen LogP) is 4.41. The highest BCUT2D eigenvalue weighted by Crippen LogP contribution is 2.37. The summed E-state index contributed by atoms with van der Waals surface area (Å²) in [5.74, 6) is 0.433. The highest BCUT2D eigenvalue weighted by atomic mass is 19.4. The highest BCUT2D eigenvalue weighted by molar-refractivity contribution is 6.13. The predicted molar refractivity (Wildman–Crippen MR) is 115 cm³/mol. The standard InChI is InChI=1S/C23H11F6N5O2/c24-22(25,26)18-8-11(6-7-30-18)32-21(36)14-9-31-34(20(14)23(27,28)29)17-5-4-15-19-12(16(10-35)33-15)2-1-3-13(17)19/h1-9,33H,(H,30,32,36). The van der Waals surface area contributed by atoms with Gasteiger partial charge in [0.2, 0.25) is 0 Å². The number of amides is 1. The summed E-state index contributed by atoms with van der Waals surface area (Å²) < 4.78 is 81.8. The molecule has 0 bridgehead atoms. The summed E-state index contributed by atoms with van der Waals surface area (Å²) in [6.45, 7) is 0. The fourth-order valence-electron chi connectivity index (χ4n) is 4.00. The second-order valence-electron chi connectivity index (χ2n) is 7.66. The first-order chi connectivity index (χ1) is 17.0. The second-order valence-corrected chi connectivity index (χ2v) is 7.66. The van der Waals surface area contributed by atoms with Crippen molar-refractivity contribution in [2.45, 2.75) is 12.4 Å². The molecule has 0 unspecified atom stereocenters. The van der Waals surface area contributed by atoms with Crippen LogP contribution in [0.25, 0.3) is 27.4 Å². The molecule has 0 spiro atoms.